The summed E-state index contributed by atoms with van der Waals surface area (Å²) < 4.78 is 7.34. The minimum Gasteiger partial charge on any atom is -0.489 e. The van der Waals surface area contributed by atoms with Crippen molar-refractivity contribution in [1.29, 1.82) is 0 Å². The molecule has 0 amide bonds. The molecular formula is C16H15N3O2. The van der Waals surface area contributed by atoms with E-state index in [1.54, 1.807) is 10.9 Å². The minimum atomic E-state index is -0.113. The van der Waals surface area contributed by atoms with Crippen molar-refractivity contribution in [3.05, 3.63) is 72.1 Å². The number of hydrogen-bond acceptors (Lipinski definition) is 4. The Kier molecular flexibility index (Phi) is 3.93. The first kappa shape index (κ1) is 13.3. The Morgan fingerprint density at radius 2 is 1.76 bits per heavy atom. The van der Waals surface area contributed by atoms with Crippen LogP contribution >= 0.6 is 0 Å². The van der Waals surface area contributed by atoms with E-state index < -0.39 is 0 Å². The van der Waals surface area contributed by atoms with E-state index in [9.17, 15) is 0 Å². The average molecular weight is 281 g/mol. The first-order valence-electron chi connectivity index (χ1n) is 6.64. The highest BCUT2D eigenvalue weighted by atomic mass is 16.5. The first-order valence-corrected chi connectivity index (χ1v) is 6.64. The van der Waals surface area contributed by atoms with Crippen molar-refractivity contribution in [1.82, 2.24) is 15.0 Å². The fraction of sp³-hybridized carbons (Fsp3) is 0.125. The number of nitrogens with zero attached hydrogens (tertiary/aromatic N) is 3. The van der Waals surface area contributed by atoms with Crippen LogP contribution in [0.5, 0.6) is 5.75 Å². The van der Waals surface area contributed by atoms with Crippen LogP contribution in [-0.4, -0.2) is 20.1 Å². The number of rotatable bonds is 5. The number of benzene rings is 2. The van der Waals surface area contributed by atoms with Gasteiger partial charge in [-0.1, -0.05) is 35.5 Å². The Bertz CT molecular complexity index is 693. The second-order valence-corrected chi connectivity index (χ2v) is 4.58. The highest BCUT2D eigenvalue weighted by Gasteiger charge is 2.02. The lowest BCUT2D eigenvalue weighted by atomic mass is 10.2. The van der Waals surface area contributed by atoms with Gasteiger partial charge in [0, 0.05) is 0 Å². The molecule has 21 heavy (non-hydrogen) atoms. The lowest BCUT2D eigenvalue weighted by Gasteiger charge is -2.07. The van der Waals surface area contributed by atoms with Crippen LogP contribution < -0.4 is 4.74 Å². The Balaban J connectivity index is 1.66. The largest absolute Gasteiger partial charge is 0.489 e. The zero-order chi connectivity index (χ0) is 14.5. The number of aliphatic hydroxyl groups excluding tert-OH is 1. The molecule has 2 aromatic carbocycles. The van der Waals surface area contributed by atoms with Crippen LogP contribution in [0, 0.1) is 0 Å². The fourth-order valence-corrected chi connectivity index (χ4v) is 1.93. The molecule has 1 N–H and O–H groups in total. The molecule has 0 aliphatic carbocycles. The van der Waals surface area contributed by atoms with E-state index in [0.717, 1.165) is 17.0 Å². The standard InChI is InChI=1S/C16H15N3O2/c20-11-14-10-19(18-17-14)15-6-8-16(9-7-15)21-12-13-4-2-1-3-5-13/h1-10,20H,11-12H2. The summed E-state index contributed by atoms with van der Waals surface area (Å²) >= 11 is 0. The summed E-state index contributed by atoms with van der Waals surface area (Å²) in [6, 6.07) is 17.6. The zero-order valence-electron chi connectivity index (χ0n) is 11.4. The van der Waals surface area contributed by atoms with Gasteiger partial charge >= 0.3 is 0 Å². The molecule has 0 aliphatic heterocycles. The molecule has 0 unspecified atom stereocenters. The quantitative estimate of drug-likeness (QED) is 0.779. The van der Waals surface area contributed by atoms with Crippen molar-refractivity contribution in [3.8, 4) is 11.4 Å². The topological polar surface area (TPSA) is 60.2 Å². The number of aromatic nitrogens is 3. The highest BCUT2D eigenvalue weighted by Crippen LogP contribution is 2.16. The minimum absolute atomic E-state index is 0.113. The summed E-state index contributed by atoms with van der Waals surface area (Å²) in [5.41, 5.74) is 2.54. The molecule has 0 saturated carbocycles. The van der Waals surface area contributed by atoms with Gasteiger partial charge < -0.3 is 9.84 Å². The predicted octanol–water partition coefficient (Wildman–Crippen LogP) is 2.34. The van der Waals surface area contributed by atoms with Gasteiger partial charge in [0.2, 0.25) is 0 Å². The van der Waals surface area contributed by atoms with Crippen LogP contribution in [0.25, 0.3) is 5.69 Å². The number of aliphatic hydroxyl groups is 1. The molecule has 0 fully saturated rings. The van der Waals surface area contributed by atoms with Gasteiger partial charge in [-0.2, -0.15) is 0 Å². The summed E-state index contributed by atoms with van der Waals surface area (Å²) in [6.07, 6.45) is 1.69. The number of ether oxygens (including phenoxy) is 1. The molecule has 5 nitrogen and oxygen atoms in total. The summed E-state index contributed by atoms with van der Waals surface area (Å²) in [6.45, 7) is 0.427. The molecule has 0 spiro atoms. The van der Waals surface area contributed by atoms with Crippen LogP contribution in [0.15, 0.2) is 60.8 Å². The fourth-order valence-electron chi connectivity index (χ4n) is 1.93. The normalized spacial score (nSPS) is 10.5. The molecule has 3 rings (SSSR count). The third-order valence-electron chi connectivity index (χ3n) is 3.05. The summed E-state index contributed by atoms with van der Waals surface area (Å²) in [7, 11) is 0. The summed E-state index contributed by atoms with van der Waals surface area (Å²) in [5, 5.41) is 16.8. The molecule has 5 heteroatoms. The molecular weight excluding hydrogens is 266 g/mol. The molecule has 1 aromatic heterocycles. The predicted molar refractivity (Wildman–Crippen MR) is 78.1 cm³/mol. The van der Waals surface area contributed by atoms with Crippen molar-refractivity contribution in [2.45, 2.75) is 13.2 Å². The second-order valence-electron chi connectivity index (χ2n) is 4.58. The lowest BCUT2D eigenvalue weighted by molar-refractivity contribution is 0.276. The lowest BCUT2D eigenvalue weighted by Crippen LogP contribution is -1.97. The van der Waals surface area contributed by atoms with Gasteiger partial charge in [-0.3, -0.25) is 0 Å². The molecule has 0 atom stereocenters. The van der Waals surface area contributed by atoms with E-state index in [4.69, 9.17) is 9.84 Å². The second kappa shape index (κ2) is 6.19. The van der Waals surface area contributed by atoms with Crippen LogP contribution in [0.1, 0.15) is 11.3 Å². The Labute approximate surface area is 122 Å². The molecule has 0 radical (unpaired) electrons. The van der Waals surface area contributed by atoms with E-state index in [2.05, 4.69) is 10.3 Å². The first-order chi connectivity index (χ1) is 10.3. The Hall–Kier alpha value is -2.66. The van der Waals surface area contributed by atoms with E-state index in [-0.39, 0.29) is 6.61 Å². The van der Waals surface area contributed by atoms with Crippen LogP contribution in [0.2, 0.25) is 0 Å². The third kappa shape index (κ3) is 3.27. The van der Waals surface area contributed by atoms with Crippen molar-refractivity contribution in [3.63, 3.8) is 0 Å². The molecule has 0 aliphatic rings. The molecule has 0 bridgehead atoms. The Morgan fingerprint density at radius 3 is 2.43 bits per heavy atom. The molecule has 0 saturated heterocycles. The van der Waals surface area contributed by atoms with Gasteiger partial charge in [0.25, 0.3) is 0 Å². The van der Waals surface area contributed by atoms with Gasteiger partial charge in [0.15, 0.2) is 0 Å². The van der Waals surface area contributed by atoms with Crippen molar-refractivity contribution < 1.29 is 9.84 Å². The SMILES string of the molecule is OCc1cn(-c2ccc(OCc3ccccc3)cc2)nn1. The van der Waals surface area contributed by atoms with Gasteiger partial charge in [-0.05, 0) is 29.8 Å². The van der Waals surface area contributed by atoms with E-state index in [0.29, 0.717) is 12.3 Å². The maximum atomic E-state index is 8.98. The van der Waals surface area contributed by atoms with Gasteiger partial charge in [-0.15, -0.1) is 5.10 Å². The molecule has 1 heterocycles. The van der Waals surface area contributed by atoms with Gasteiger partial charge in [0.1, 0.15) is 18.1 Å². The van der Waals surface area contributed by atoms with Crippen LogP contribution in [-0.2, 0) is 13.2 Å². The van der Waals surface area contributed by atoms with Crippen molar-refractivity contribution in [2.24, 2.45) is 0 Å². The Morgan fingerprint density at radius 1 is 1.00 bits per heavy atom. The van der Waals surface area contributed by atoms with Crippen LogP contribution in [0.3, 0.4) is 0 Å². The van der Waals surface area contributed by atoms with Gasteiger partial charge in [0.05, 0.1) is 18.5 Å². The van der Waals surface area contributed by atoms with E-state index >= 15 is 0 Å². The van der Waals surface area contributed by atoms with E-state index in [1.165, 1.54) is 0 Å². The van der Waals surface area contributed by atoms with Gasteiger partial charge in [-0.25, -0.2) is 4.68 Å². The van der Waals surface area contributed by atoms with Crippen molar-refractivity contribution in [2.75, 3.05) is 0 Å². The molecule has 106 valence electrons. The summed E-state index contributed by atoms with van der Waals surface area (Å²) in [4.78, 5) is 0. The maximum Gasteiger partial charge on any atom is 0.119 e. The van der Waals surface area contributed by atoms with Crippen molar-refractivity contribution >= 4 is 0 Å². The molecule has 3 aromatic rings. The monoisotopic (exact) mass is 281 g/mol. The van der Waals surface area contributed by atoms with E-state index in [1.807, 2.05) is 54.6 Å². The summed E-state index contributed by atoms with van der Waals surface area (Å²) in [5.74, 6) is 0.796. The third-order valence-corrected chi connectivity index (χ3v) is 3.05. The zero-order valence-corrected chi connectivity index (χ0v) is 11.4. The van der Waals surface area contributed by atoms with Crippen LogP contribution in [0.4, 0.5) is 0 Å². The maximum absolute atomic E-state index is 8.98. The smallest absolute Gasteiger partial charge is 0.119 e. The number of hydrogen-bond donors (Lipinski definition) is 1. The average Bonchev–Trinajstić information content (AvgIpc) is 3.03. The highest BCUT2D eigenvalue weighted by molar-refractivity contribution is 5.36.